The molecule has 8 heteroatoms. The standard InChI is InChI=1S/C35H41FN2O5/c1-20-18-42-19-21(2)38(20)17-27-13-25(9-11-28(27)29-15-33(41-4)37-16-30(29)36)31-12-10-23-5-8-26(14-32(23)43-31)34(24-6-7-24)22(3)35(39)40/h5,8-9,11,13-16,20-22,24,31,34H,6-7,10,12,17-19H2,1-4H3,(H,39,40)/t20-,21?,22+,31?,34+/m1/s1. The van der Waals surface area contributed by atoms with Gasteiger partial charge in [-0.2, -0.15) is 0 Å². The second-order valence-electron chi connectivity index (χ2n) is 12.5. The summed E-state index contributed by atoms with van der Waals surface area (Å²) in [6.07, 6.45) is 4.89. The van der Waals surface area contributed by atoms with Crippen molar-refractivity contribution in [3.8, 4) is 22.8 Å². The van der Waals surface area contributed by atoms with Crippen LogP contribution in [0.2, 0.25) is 0 Å². The molecule has 1 saturated carbocycles. The molecule has 2 aromatic carbocycles. The van der Waals surface area contributed by atoms with E-state index in [1.54, 1.807) is 6.07 Å². The number of aryl methyl sites for hydroxylation is 1. The van der Waals surface area contributed by atoms with E-state index in [9.17, 15) is 9.90 Å². The second kappa shape index (κ2) is 12.2. The number of methoxy groups -OCH3 is 1. The monoisotopic (exact) mass is 588 g/mol. The number of carboxylic acid groups (broad SMARTS) is 1. The minimum Gasteiger partial charge on any atom is -0.485 e. The molecule has 6 rings (SSSR count). The third kappa shape index (κ3) is 6.13. The van der Waals surface area contributed by atoms with Gasteiger partial charge in [-0.05, 0) is 85.3 Å². The predicted octanol–water partition coefficient (Wildman–Crippen LogP) is 6.79. The van der Waals surface area contributed by atoms with Crippen LogP contribution in [-0.4, -0.2) is 53.4 Å². The zero-order valence-corrected chi connectivity index (χ0v) is 25.4. The van der Waals surface area contributed by atoms with Gasteiger partial charge in [0, 0.05) is 30.3 Å². The Morgan fingerprint density at radius 2 is 1.86 bits per heavy atom. The van der Waals surface area contributed by atoms with Crippen molar-refractivity contribution in [3.63, 3.8) is 0 Å². The number of ether oxygens (including phenoxy) is 3. The van der Waals surface area contributed by atoms with Crippen LogP contribution in [0.1, 0.15) is 74.3 Å². The maximum atomic E-state index is 15.2. The molecule has 0 spiro atoms. The molecule has 228 valence electrons. The van der Waals surface area contributed by atoms with Crippen LogP contribution in [0.25, 0.3) is 11.1 Å². The van der Waals surface area contributed by atoms with Crippen LogP contribution in [-0.2, 0) is 22.5 Å². The summed E-state index contributed by atoms with van der Waals surface area (Å²) < 4.78 is 32.9. The molecule has 0 amide bonds. The van der Waals surface area contributed by atoms with Crippen molar-refractivity contribution in [2.75, 3.05) is 20.3 Å². The molecule has 1 N–H and O–H groups in total. The number of carbonyl (C=O) groups is 1. The van der Waals surface area contributed by atoms with Crippen LogP contribution in [0.15, 0.2) is 48.7 Å². The normalized spacial score (nSPS) is 23.6. The van der Waals surface area contributed by atoms with Gasteiger partial charge >= 0.3 is 5.97 Å². The molecule has 3 aromatic rings. The van der Waals surface area contributed by atoms with Gasteiger partial charge in [-0.3, -0.25) is 9.69 Å². The lowest BCUT2D eigenvalue weighted by Crippen LogP contribution is -2.48. The third-order valence-electron chi connectivity index (χ3n) is 9.51. The van der Waals surface area contributed by atoms with Gasteiger partial charge < -0.3 is 19.3 Å². The first kappa shape index (κ1) is 29.6. The number of aliphatic carboxylic acids is 1. The number of pyridine rings is 1. The molecule has 43 heavy (non-hydrogen) atoms. The Bertz CT molecular complexity index is 1480. The van der Waals surface area contributed by atoms with E-state index >= 15 is 4.39 Å². The minimum atomic E-state index is -0.756. The number of fused-ring (bicyclic) bond motifs is 1. The molecule has 1 aliphatic carbocycles. The number of morpholine rings is 1. The Hall–Kier alpha value is -3.49. The summed E-state index contributed by atoms with van der Waals surface area (Å²) in [6, 6.07) is 14.6. The van der Waals surface area contributed by atoms with E-state index in [1.165, 1.54) is 13.3 Å². The summed E-state index contributed by atoms with van der Waals surface area (Å²) in [4.78, 5) is 18.4. The SMILES string of the molecule is COc1cc(-c2ccc(C3CCc4ccc([C@H](C5CC5)[C@H](C)C(=O)O)cc4O3)cc2CN2C(C)COC[C@H]2C)c(F)cn1. The van der Waals surface area contributed by atoms with Gasteiger partial charge in [0.15, 0.2) is 0 Å². The van der Waals surface area contributed by atoms with E-state index < -0.39 is 17.7 Å². The van der Waals surface area contributed by atoms with Gasteiger partial charge in [0.2, 0.25) is 5.88 Å². The van der Waals surface area contributed by atoms with Crippen LogP contribution in [0.5, 0.6) is 11.6 Å². The Morgan fingerprint density at radius 3 is 2.56 bits per heavy atom. The molecule has 0 radical (unpaired) electrons. The van der Waals surface area contributed by atoms with Crippen molar-refractivity contribution in [3.05, 3.63) is 76.7 Å². The van der Waals surface area contributed by atoms with Crippen molar-refractivity contribution in [1.82, 2.24) is 9.88 Å². The summed E-state index contributed by atoms with van der Waals surface area (Å²) in [5.41, 5.74) is 5.52. The Morgan fingerprint density at radius 1 is 1.09 bits per heavy atom. The van der Waals surface area contributed by atoms with Gasteiger partial charge in [-0.15, -0.1) is 0 Å². The van der Waals surface area contributed by atoms with Gasteiger partial charge in [0.1, 0.15) is 17.7 Å². The Balaban J connectivity index is 1.34. The number of carboxylic acids is 1. The highest BCUT2D eigenvalue weighted by Gasteiger charge is 2.39. The fraction of sp³-hybridized carbons (Fsp3) is 0.486. The number of hydrogen-bond acceptors (Lipinski definition) is 6. The fourth-order valence-corrected chi connectivity index (χ4v) is 6.89. The van der Waals surface area contributed by atoms with E-state index in [0.29, 0.717) is 37.1 Å². The number of benzene rings is 2. The van der Waals surface area contributed by atoms with Crippen molar-refractivity contribution < 1.29 is 28.5 Å². The van der Waals surface area contributed by atoms with E-state index in [2.05, 4.69) is 48.0 Å². The lowest BCUT2D eigenvalue weighted by molar-refractivity contribution is -0.142. The third-order valence-corrected chi connectivity index (χ3v) is 9.51. The van der Waals surface area contributed by atoms with Crippen LogP contribution in [0.4, 0.5) is 4.39 Å². The Labute approximate surface area is 253 Å². The zero-order chi connectivity index (χ0) is 30.2. The summed E-state index contributed by atoms with van der Waals surface area (Å²) in [6.45, 7) is 8.09. The first-order valence-electron chi connectivity index (χ1n) is 15.4. The molecular formula is C35H41FN2O5. The molecule has 3 aliphatic rings. The fourth-order valence-electron chi connectivity index (χ4n) is 6.89. The smallest absolute Gasteiger partial charge is 0.306 e. The molecule has 5 atom stereocenters. The van der Waals surface area contributed by atoms with Gasteiger partial charge in [0.25, 0.3) is 0 Å². The van der Waals surface area contributed by atoms with Crippen molar-refractivity contribution in [2.24, 2.45) is 11.8 Å². The Kier molecular flexibility index (Phi) is 8.42. The van der Waals surface area contributed by atoms with Crippen LogP contribution >= 0.6 is 0 Å². The number of aromatic nitrogens is 1. The number of hydrogen-bond donors (Lipinski definition) is 1. The predicted molar refractivity (Wildman–Crippen MR) is 162 cm³/mol. The number of halogens is 1. The molecule has 2 unspecified atom stereocenters. The average Bonchev–Trinajstić information content (AvgIpc) is 3.84. The molecular weight excluding hydrogens is 547 g/mol. The van der Waals surface area contributed by atoms with Crippen LogP contribution in [0, 0.1) is 17.7 Å². The van der Waals surface area contributed by atoms with E-state index in [1.807, 2.05) is 19.1 Å². The minimum absolute atomic E-state index is 0.0117. The molecule has 7 nitrogen and oxygen atoms in total. The van der Waals surface area contributed by atoms with E-state index in [-0.39, 0.29) is 24.1 Å². The van der Waals surface area contributed by atoms with Crippen LogP contribution < -0.4 is 9.47 Å². The van der Waals surface area contributed by atoms with Crippen LogP contribution in [0.3, 0.4) is 0 Å². The largest absolute Gasteiger partial charge is 0.485 e. The van der Waals surface area contributed by atoms with Gasteiger partial charge in [-0.25, -0.2) is 9.37 Å². The first-order chi connectivity index (χ1) is 20.7. The summed E-state index contributed by atoms with van der Waals surface area (Å²) in [7, 11) is 1.53. The zero-order valence-electron chi connectivity index (χ0n) is 25.4. The molecule has 3 heterocycles. The highest BCUT2D eigenvalue weighted by atomic mass is 19.1. The highest BCUT2D eigenvalue weighted by Crippen LogP contribution is 2.48. The molecule has 1 saturated heterocycles. The summed E-state index contributed by atoms with van der Waals surface area (Å²) in [5, 5.41) is 9.77. The van der Waals surface area contributed by atoms with Gasteiger partial charge in [-0.1, -0.05) is 37.3 Å². The molecule has 1 aromatic heterocycles. The average molecular weight is 589 g/mol. The summed E-state index contributed by atoms with van der Waals surface area (Å²) in [5.74, 6) is 0.00456. The summed E-state index contributed by atoms with van der Waals surface area (Å²) >= 11 is 0. The van der Waals surface area contributed by atoms with E-state index in [4.69, 9.17) is 14.2 Å². The van der Waals surface area contributed by atoms with Crippen molar-refractivity contribution in [1.29, 1.82) is 0 Å². The second-order valence-corrected chi connectivity index (χ2v) is 12.5. The topological polar surface area (TPSA) is 81.1 Å². The van der Waals surface area contributed by atoms with Crippen molar-refractivity contribution >= 4 is 5.97 Å². The lowest BCUT2D eigenvalue weighted by atomic mass is 9.82. The number of nitrogens with zero attached hydrogens (tertiary/aromatic N) is 2. The maximum absolute atomic E-state index is 15.2. The number of rotatable bonds is 9. The first-order valence-corrected chi connectivity index (χ1v) is 15.4. The molecule has 0 bridgehead atoms. The molecule has 2 aliphatic heterocycles. The quantitative estimate of drug-likeness (QED) is 0.295. The van der Waals surface area contributed by atoms with Gasteiger partial charge in [0.05, 0.1) is 32.4 Å². The highest BCUT2D eigenvalue weighted by molar-refractivity contribution is 5.71. The van der Waals surface area contributed by atoms with Crippen molar-refractivity contribution in [2.45, 2.75) is 77.1 Å². The maximum Gasteiger partial charge on any atom is 0.306 e. The lowest BCUT2D eigenvalue weighted by Gasteiger charge is -2.39. The van der Waals surface area contributed by atoms with E-state index in [0.717, 1.165) is 59.3 Å². The molecule has 2 fully saturated rings.